The summed E-state index contributed by atoms with van der Waals surface area (Å²) in [4.78, 5) is 21.8. The standard InChI is InChI=1S/C15H13IN2O4/c16-11-1-3-12(4-2-11)17-15(19)9-10-22-14-7-5-13(6-8-14)18(20)21/h1-8H,9-10H2,(H,17,19). The Kier molecular flexibility index (Phi) is 5.70. The third-order valence-corrected chi connectivity index (χ3v) is 3.49. The molecule has 0 unspecified atom stereocenters. The van der Waals surface area contributed by atoms with Crippen molar-refractivity contribution in [1.82, 2.24) is 0 Å². The molecule has 0 atom stereocenters. The summed E-state index contributed by atoms with van der Waals surface area (Å²) in [6, 6.07) is 13.2. The van der Waals surface area contributed by atoms with Crippen LogP contribution in [0.5, 0.6) is 5.75 Å². The van der Waals surface area contributed by atoms with E-state index in [2.05, 4.69) is 27.9 Å². The number of ether oxygens (including phenoxy) is 1. The fourth-order valence-corrected chi connectivity index (χ4v) is 2.04. The number of non-ortho nitro benzene ring substituents is 1. The van der Waals surface area contributed by atoms with Crippen LogP contribution in [0.4, 0.5) is 11.4 Å². The monoisotopic (exact) mass is 412 g/mol. The molecule has 114 valence electrons. The Labute approximate surface area is 140 Å². The van der Waals surface area contributed by atoms with E-state index in [9.17, 15) is 14.9 Å². The van der Waals surface area contributed by atoms with Gasteiger partial charge in [0.15, 0.2) is 0 Å². The van der Waals surface area contributed by atoms with Crippen LogP contribution >= 0.6 is 22.6 Å². The van der Waals surface area contributed by atoms with Crippen LogP contribution in [-0.4, -0.2) is 17.4 Å². The predicted molar refractivity (Wildman–Crippen MR) is 91.0 cm³/mol. The molecule has 2 rings (SSSR count). The lowest BCUT2D eigenvalue weighted by atomic mass is 10.3. The second kappa shape index (κ2) is 7.74. The molecule has 0 aliphatic carbocycles. The molecule has 7 heteroatoms. The summed E-state index contributed by atoms with van der Waals surface area (Å²) in [5.41, 5.74) is 0.740. The minimum absolute atomic E-state index is 0.00352. The van der Waals surface area contributed by atoms with Crippen molar-refractivity contribution in [2.24, 2.45) is 0 Å². The van der Waals surface area contributed by atoms with Crippen molar-refractivity contribution in [2.75, 3.05) is 11.9 Å². The second-order valence-electron chi connectivity index (χ2n) is 4.40. The molecule has 2 aromatic carbocycles. The average Bonchev–Trinajstić information content (AvgIpc) is 2.50. The van der Waals surface area contributed by atoms with E-state index < -0.39 is 4.92 Å². The number of nitro groups is 1. The van der Waals surface area contributed by atoms with Gasteiger partial charge in [0.25, 0.3) is 5.69 Å². The van der Waals surface area contributed by atoms with E-state index in [0.717, 1.165) is 9.26 Å². The van der Waals surface area contributed by atoms with Crippen molar-refractivity contribution >= 4 is 39.9 Å². The largest absolute Gasteiger partial charge is 0.493 e. The van der Waals surface area contributed by atoms with Crippen molar-refractivity contribution in [1.29, 1.82) is 0 Å². The number of nitrogens with zero attached hydrogens (tertiary/aromatic N) is 1. The van der Waals surface area contributed by atoms with Gasteiger partial charge in [-0.2, -0.15) is 0 Å². The van der Waals surface area contributed by atoms with Crippen LogP contribution in [0, 0.1) is 13.7 Å². The lowest BCUT2D eigenvalue weighted by Crippen LogP contribution is -2.15. The van der Waals surface area contributed by atoms with Gasteiger partial charge < -0.3 is 10.1 Å². The van der Waals surface area contributed by atoms with Crippen LogP contribution in [0.1, 0.15) is 6.42 Å². The highest BCUT2D eigenvalue weighted by molar-refractivity contribution is 14.1. The molecule has 0 radical (unpaired) electrons. The second-order valence-corrected chi connectivity index (χ2v) is 5.65. The van der Waals surface area contributed by atoms with E-state index in [-0.39, 0.29) is 24.6 Å². The molecule has 1 amide bonds. The molecule has 22 heavy (non-hydrogen) atoms. The molecule has 6 nitrogen and oxygen atoms in total. The zero-order valence-electron chi connectivity index (χ0n) is 11.5. The maximum absolute atomic E-state index is 11.7. The zero-order chi connectivity index (χ0) is 15.9. The van der Waals surface area contributed by atoms with E-state index >= 15 is 0 Å². The van der Waals surface area contributed by atoms with E-state index in [0.29, 0.717) is 5.75 Å². The minimum atomic E-state index is -0.474. The summed E-state index contributed by atoms with van der Waals surface area (Å²) in [6.07, 6.45) is 0.197. The van der Waals surface area contributed by atoms with Crippen LogP contribution in [0.15, 0.2) is 48.5 Å². The third kappa shape index (κ3) is 4.99. The summed E-state index contributed by atoms with van der Waals surface area (Å²) in [6.45, 7) is 0.202. The number of anilines is 1. The number of carbonyl (C=O) groups is 1. The van der Waals surface area contributed by atoms with Crippen molar-refractivity contribution in [2.45, 2.75) is 6.42 Å². The molecule has 0 aliphatic heterocycles. The van der Waals surface area contributed by atoms with Crippen LogP contribution in [-0.2, 0) is 4.79 Å². The van der Waals surface area contributed by atoms with Crippen LogP contribution < -0.4 is 10.1 Å². The molecule has 0 heterocycles. The highest BCUT2D eigenvalue weighted by Gasteiger charge is 2.06. The molecule has 0 saturated carbocycles. The molecule has 2 aromatic rings. The van der Waals surface area contributed by atoms with Gasteiger partial charge in [-0.1, -0.05) is 0 Å². The summed E-state index contributed by atoms with van der Waals surface area (Å²) in [7, 11) is 0. The number of hydrogen-bond donors (Lipinski definition) is 1. The molecule has 0 aliphatic rings. The smallest absolute Gasteiger partial charge is 0.269 e. The van der Waals surface area contributed by atoms with Gasteiger partial charge in [-0.3, -0.25) is 14.9 Å². The number of rotatable bonds is 6. The highest BCUT2D eigenvalue weighted by atomic mass is 127. The first-order valence-corrected chi connectivity index (χ1v) is 7.55. The maximum Gasteiger partial charge on any atom is 0.269 e. The molecular formula is C15H13IN2O4. The van der Waals surface area contributed by atoms with E-state index in [1.54, 1.807) is 0 Å². The first-order valence-electron chi connectivity index (χ1n) is 6.47. The van der Waals surface area contributed by atoms with Gasteiger partial charge in [-0.15, -0.1) is 0 Å². The number of nitro benzene ring substituents is 1. The Morgan fingerprint density at radius 3 is 2.36 bits per heavy atom. The van der Waals surface area contributed by atoms with Gasteiger partial charge in [0.1, 0.15) is 5.75 Å². The number of benzene rings is 2. The lowest BCUT2D eigenvalue weighted by molar-refractivity contribution is -0.384. The topological polar surface area (TPSA) is 81.5 Å². The Balaban J connectivity index is 1.77. The first-order chi connectivity index (χ1) is 10.5. The number of amides is 1. The van der Waals surface area contributed by atoms with Gasteiger partial charge >= 0.3 is 0 Å². The van der Waals surface area contributed by atoms with Crippen molar-refractivity contribution in [3.8, 4) is 5.75 Å². The molecule has 1 N–H and O–H groups in total. The molecular weight excluding hydrogens is 399 g/mol. The third-order valence-electron chi connectivity index (χ3n) is 2.77. The normalized spacial score (nSPS) is 10.0. The van der Waals surface area contributed by atoms with Crippen LogP contribution in [0.25, 0.3) is 0 Å². The summed E-state index contributed by atoms with van der Waals surface area (Å²) in [5, 5.41) is 13.3. The fourth-order valence-electron chi connectivity index (χ4n) is 1.68. The molecule has 0 spiro atoms. The molecule has 0 bridgehead atoms. The van der Waals surface area contributed by atoms with Gasteiger partial charge in [0, 0.05) is 21.4 Å². The van der Waals surface area contributed by atoms with Crippen LogP contribution in [0.3, 0.4) is 0 Å². The van der Waals surface area contributed by atoms with Gasteiger partial charge in [0.05, 0.1) is 18.0 Å². The van der Waals surface area contributed by atoms with Gasteiger partial charge in [0.2, 0.25) is 5.91 Å². The summed E-state index contributed by atoms with van der Waals surface area (Å²) in [5.74, 6) is 0.343. The number of carbonyl (C=O) groups excluding carboxylic acids is 1. The Morgan fingerprint density at radius 2 is 1.77 bits per heavy atom. The summed E-state index contributed by atoms with van der Waals surface area (Å²) < 4.78 is 6.48. The Hall–Kier alpha value is -2.16. The predicted octanol–water partition coefficient (Wildman–Crippen LogP) is 3.61. The number of halogens is 1. The maximum atomic E-state index is 11.7. The molecule has 0 aromatic heterocycles. The first kappa shape index (κ1) is 16.2. The van der Waals surface area contributed by atoms with Gasteiger partial charge in [-0.25, -0.2) is 0 Å². The number of hydrogen-bond acceptors (Lipinski definition) is 4. The Bertz CT molecular complexity index is 656. The van der Waals surface area contributed by atoms with Crippen molar-refractivity contribution in [3.63, 3.8) is 0 Å². The van der Waals surface area contributed by atoms with Crippen molar-refractivity contribution < 1.29 is 14.5 Å². The van der Waals surface area contributed by atoms with Gasteiger partial charge in [-0.05, 0) is 59.0 Å². The van der Waals surface area contributed by atoms with E-state index in [1.807, 2.05) is 24.3 Å². The van der Waals surface area contributed by atoms with Crippen LogP contribution in [0.2, 0.25) is 0 Å². The quantitative estimate of drug-likeness (QED) is 0.447. The lowest BCUT2D eigenvalue weighted by Gasteiger charge is -2.07. The van der Waals surface area contributed by atoms with E-state index in [4.69, 9.17) is 4.74 Å². The SMILES string of the molecule is O=C(CCOc1ccc([N+](=O)[O-])cc1)Nc1ccc(I)cc1. The van der Waals surface area contributed by atoms with E-state index in [1.165, 1.54) is 24.3 Å². The highest BCUT2D eigenvalue weighted by Crippen LogP contribution is 2.17. The Morgan fingerprint density at radius 1 is 1.14 bits per heavy atom. The molecule has 0 saturated heterocycles. The average molecular weight is 412 g/mol. The number of nitrogens with one attached hydrogen (secondary N) is 1. The minimum Gasteiger partial charge on any atom is -0.493 e. The summed E-state index contributed by atoms with van der Waals surface area (Å²) >= 11 is 2.19. The fraction of sp³-hybridized carbons (Fsp3) is 0.133. The zero-order valence-corrected chi connectivity index (χ0v) is 13.6. The molecule has 0 fully saturated rings. The van der Waals surface area contributed by atoms with Crippen molar-refractivity contribution in [3.05, 3.63) is 62.2 Å².